The lowest BCUT2D eigenvalue weighted by Gasteiger charge is -1.85. The van der Waals surface area contributed by atoms with E-state index in [1.165, 1.54) is 0 Å². The first-order chi connectivity index (χ1) is 7.58. The second-order valence-electron chi connectivity index (χ2n) is 3.26. The maximum Gasteiger partial charge on any atom is 0.341 e. The molecule has 16 heavy (non-hydrogen) atoms. The number of hydrogen-bond acceptors (Lipinski definition) is 7. The largest absolute Gasteiger partial charge is 0.478 e. The minimum atomic E-state index is -0.374. The molecule has 0 saturated carbocycles. The summed E-state index contributed by atoms with van der Waals surface area (Å²) in [4.78, 5) is 4.01. The van der Waals surface area contributed by atoms with Crippen LogP contribution in [0.3, 0.4) is 0 Å². The fraction of sp³-hybridized carbons (Fsp3) is 0.333. The number of hydrogen-bond donors (Lipinski definition) is 1. The van der Waals surface area contributed by atoms with Crippen LogP contribution in [0.4, 0.5) is 11.7 Å². The summed E-state index contributed by atoms with van der Waals surface area (Å²) in [5.41, 5.74) is 1.37. The van der Waals surface area contributed by atoms with Crippen molar-refractivity contribution in [2.45, 2.75) is 20.8 Å². The van der Waals surface area contributed by atoms with E-state index in [-0.39, 0.29) is 17.6 Å². The molecule has 0 aliphatic heterocycles. The summed E-state index contributed by atoms with van der Waals surface area (Å²) in [5.74, 6) is 0.307. The Kier molecular flexibility index (Phi) is 2.43. The molecule has 0 unspecified atom stereocenters. The van der Waals surface area contributed by atoms with Crippen molar-refractivity contribution in [2.75, 3.05) is 0 Å². The Morgan fingerprint density at radius 1 is 1.12 bits per heavy atom. The Labute approximate surface area is 90.8 Å². The second kappa shape index (κ2) is 3.76. The predicted molar refractivity (Wildman–Crippen MR) is 53.1 cm³/mol. The summed E-state index contributed by atoms with van der Waals surface area (Å²) in [6, 6.07) is 0.134. The molecule has 2 rings (SSSR count). The van der Waals surface area contributed by atoms with Crippen molar-refractivity contribution < 1.29 is 14.0 Å². The highest BCUT2D eigenvalue weighted by molar-refractivity contribution is 5.47. The lowest BCUT2D eigenvalue weighted by atomic mass is 10.4. The number of aromatic hydroxyl groups is 1. The Morgan fingerprint density at radius 2 is 1.88 bits per heavy atom. The van der Waals surface area contributed by atoms with Crippen molar-refractivity contribution in [3.63, 3.8) is 0 Å². The Bertz CT molecular complexity index is 502. The average Bonchev–Trinajstić information content (AvgIpc) is 2.70. The maximum atomic E-state index is 9.24. The monoisotopic (exact) mass is 222 g/mol. The smallest absolute Gasteiger partial charge is 0.341 e. The Morgan fingerprint density at radius 3 is 2.38 bits per heavy atom. The van der Waals surface area contributed by atoms with Crippen LogP contribution in [0.5, 0.6) is 5.95 Å². The number of oxazole rings is 1. The van der Waals surface area contributed by atoms with Crippen LogP contribution in [-0.4, -0.2) is 15.2 Å². The van der Waals surface area contributed by atoms with Gasteiger partial charge >= 0.3 is 12.0 Å². The number of aryl methyl sites for hydroxylation is 3. The molecule has 0 atom stereocenters. The van der Waals surface area contributed by atoms with Gasteiger partial charge in [0.05, 0.1) is 5.69 Å². The molecule has 1 N–H and O–H groups in total. The molecule has 2 aromatic rings. The zero-order valence-corrected chi connectivity index (χ0v) is 9.05. The van der Waals surface area contributed by atoms with Gasteiger partial charge in [-0.05, 0) is 20.8 Å². The van der Waals surface area contributed by atoms with E-state index in [2.05, 4.69) is 24.9 Å². The van der Waals surface area contributed by atoms with E-state index in [1.807, 2.05) is 0 Å². The van der Waals surface area contributed by atoms with Crippen LogP contribution in [0.2, 0.25) is 0 Å². The molecule has 84 valence electrons. The van der Waals surface area contributed by atoms with Gasteiger partial charge in [-0.25, -0.2) is 0 Å². The minimum absolute atomic E-state index is 0.134. The highest BCUT2D eigenvalue weighted by Crippen LogP contribution is 2.31. The summed E-state index contributed by atoms with van der Waals surface area (Å²) in [7, 11) is 0. The third kappa shape index (κ3) is 1.79. The highest BCUT2D eigenvalue weighted by atomic mass is 16.5. The summed E-state index contributed by atoms with van der Waals surface area (Å²) in [6.45, 7) is 5.23. The molecule has 7 nitrogen and oxygen atoms in total. The predicted octanol–water partition coefficient (Wildman–Crippen LogP) is 2.71. The first kappa shape index (κ1) is 10.3. The first-order valence-corrected chi connectivity index (χ1v) is 4.59. The van der Waals surface area contributed by atoms with Gasteiger partial charge in [0, 0.05) is 0 Å². The average molecular weight is 222 g/mol. The molecule has 0 spiro atoms. The van der Waals surface area contributed by atoms with Gasteiger partial charge in [-0.1, -0.05) is 10.3 Å². The van der Waals surface area contributed by atoms with Crippen LogP contribution in [-0.2, 0) is 0 Å². The lowest BCUT2D eigenvalue weighted by Crippen LogP contribution is -1.70. The topological polar surface area (TPSA) is 97.0 Å². The fourth-order valence-corrected chi connectivity index (χ4v) is 1.06. The molecule has 0 saturated heterocycles. The van der Waals surface area contributed by atoms with Crippen LogP contribution in [0.25, 0.3) is 0 Å². The zero-order valence-electron chi connectivity index (χ0n) is 9.05. The molecule has 0 amide bonds. The molecule has 0 aliphatic carbocycles. The molecule has 0 bridgehead atoms. The number of nitrogens with zero attached hydrogens (tertiary/aromatic N) is 4. The lowest BCUT2D eigenvalue weighted by molar-refractivity contribution is 0.277. The van der Waals surface area contributed by atoms with Gasteiger partial charge in [0.15, 0.2) is 5.69 Å². The van der Waals surface area contributed by atoms with Crippen LogP contribution < -0.4 is 0 Å². The maximum absolute atomic E-state index is 9.24. The van der Waals surface area contributed by atoms with E-state index in [1.54, 1.807) is 20.8 Å². The summed E-state index contributed by atoms with van der Waals surface area (Å²) in [6.07, 6.45) is 0. The first-order valence-electron chi connectivity index (χ1n) is 4.59. The Hall–Kier alpha value is -2.18. The van der Waals surface area contributed by atoms with E-state index in [0.717, 1.165) is 5.69 Å². The molecule has 0 fully saturated rings. The molecule has 0 radical (unpaired) electrons. The fourth-order valence-electron chi connectivity index (χ4n) is 1.06. The highest BCUT2D eigenvalue weighted by Gasteiger charge is 2.11. The molecule has 2 aromatic heterocycles. The number of aromatic nitrogens is 2. The molecule has 0 aromatic carbocycles. The van der Waals surface area contributed by atoms with Gasteiger partial charge < -0.3 is 14.0 Å². The van der Waals surface area contributed by atoms with Crippen molar-refractivity contribution in [1.82, 2.24) is 10.1 Å². The molecule has 0 aliphatic rings. The van der Waals surface area contributed by atoms with Gasteiger partial charge in [-0.2, -0.15) is 4.98 Å². The van der Waals surface area contributed by atoms with Gasteiger partial charge in [-0.15, -0.1) is 5.11 Å². The van der Waals surface area contributed by atoms with Crippen molar-refractivity contribution in [3.8, 4) is 5.95 Å². The van der Waals surface area contributed by atoms with Crippen LogP contribution in [0, 0.1) is 20.8 Å². The van der Waals surface area contributed by atoms with Crippen LogP contribution in [0.1, 0.15) is 17.1 Å². The Balaban J connectivity index is 2.28. The molecular formula is C9H10N4O3. The van der Waals surface area contributed by atoms with Crippen LogP contribution >= 0.6 is 0 Å². The van der Waals surface area contributed by atoms with Crippen molar-refractivity contribution in [2.24, 2.45) is 10.2 Å². The van der Waals surface area contributed by atoms with Crippen molar-refractivity contribution in [1.29, 1.82) is 0 Å². The molecule has 2 heterocycles. The van der Waals surface area contributed by atoms with Gasteiger partial charge in [0.1, 0.15) is 11.5 Å². The zero-order chi connectivity index (χ0) is 11.7. The van der Waals surface area contributed by atoms with E-state index in [4.69, 9.17) is 4.42 Å². The normalized spacial score (nSPS) is 11.4. The number of rotatable bonds is 2. The third-order valence-electron chi connectivity index (χ3n) is 2.07. The standard InChI is InChI=1S/C9H10N4O3/c1-4-6(3)15-9(10-4)12-11-7-5(2)13-16-8(7)14/h14H,1-3H3. The minimum Gasteiger partial charge on any atom is -0.478 e. The van der Waals surface area contributed by atoms with E-state index < -0.39 is 0 Å². The van der Waals surface area contributed by atoms with Crippen molar-refractivity contribution >= 4 is 11.7 Å². The summed E-state index contributed by atoms with van der Waals surface area (Å²) in [5, 5.41) is 20.2. The molecule has 7 heteroatoms. The van der Waals surface area contributed by atoms with E-state index in [0.29, 0.717) is 11.5 Å². The van der Waals surface area contributed by atoms with Crippen LogP contribution in [0.15, 0.2) is 19.2 Å². The summed E-state index contributed by atoms with van der Waals surface area (Å²) >= 11 is 0. The second-order valence-corrected chi connectivity index (χ2v) is 3.26. The van der Waals surface area contributed by atoms with Gasteiger partial charge in [0.25, 0.3) is 0 Å². The SMILES string of the molecule is Cc1nc(N=Nc2c(C)noc2O)oc1C. The quantitative estimate of drug-likeness (QED) is 0.787. The van der Waals surface area contributed by atoms with Gasteiger partial charge in [-0.3, -0.25) is 0 Å². The van der Waals surface area contributed by atoms with Crippen molar-refractivity contribution in [3.05, 3.63) is 17.1 Å². The van der Waals surface area contributed by atoms with E-state index in [9.17, 15) is 5.11 Å². The molecular weight excluding hydrogens is 212 g/mol. The van der Waals surface area contributed by atoms with Gasteiger partial charge in [0.2, 0.25) is 0 Å². The number of azo groups is 1. The van der Waals surface area contributed by atoms with E-state index >= 15 is 0 Å². The summed E-state index contributed by atoms with van der Waals surface area (Å²) < 4.78 is 9.70. The third-order valence-corrected chi connectivity index (χ3v) is 2.07.